The van der Waals surface area contributed by atoms with E-state index >= 15 is 0 Å². The lowest BCUT2D eigenvalue weighted by molar-refractivity contribution is 1.13. The molecule has 0 spiro atoms. The van der Waals surface area contributed by atoms with Crippen molar-refractivity contribution >= 4 is 39.1 Å². The molecule has 0 nitrogen and oxygen atoms in total. The first kappa shape index (κ1) is 14.9. The molecule has 100 valence electrons. The van der Waals surface area contributed by atoms with Crippen molar-refractivity contribution < 1.29 is 0 Å². The van der Waals surface area contributed by atoms with Gasteiger partial charge in [0.05, 0.1) is 4.83 Å². The van der Waals surface area contributed by atoms with Gasteiger partial charge in [-0.25, -0.2) is 0 Å². The molecule has 0 heterocycles. The van der Waals surface area contributed by atoms with E-state index in [9.17, 15) is 0 Å². The third kappa shape index (κ3) is 3.16. The van der Waals surface area contributed by atoms with E-state index in [-0.39, 0.29) is 4.83 Å². The van der Waals surface area contributed by atoms with Crippen molar-refractivity contribution in [3.63, 3.8) is 0 Å². The van der Waals surface area contributed by atoms with E-state index < -0.39 is 0 Å². The first-order chi connectivity index (χ1) is 8.90. The zero-order valence-electron chi connectivity index (χ0n) is 11.1. The molecule has 2 rings (SSSR count). The van der Waals surface area contributed by atoms with Gasteiger partial charge in [-0.15, -0.1) is 0 Å². The Morgan fingerprint density at radius 1 is 0.842 bits per heavy atom. The highest BCUT2D eigenvalue weighted by Crippen LogP contribution is 2.38. The van der Waals surface area contributed by atoms with Crippen LogP contribution in [0.1, 0.15) is 32.6 Å². The summed E-state index contributed by atoms with van der Waals surface area (Å²) in [5, 5.41) is 1.59. The third-order valence-electron chi connectivity index (χ3n) is 3.25. The van der Waals surface area contributed by atoms with Crippen LogP contribution in [-0.2, 0) is 0 Å². The molecule has 0 N–H and O–H groups in total. The van der Waals surface area contributed by atoms with Gasteiger partial charge >= 0.3 is 0 Å². The number of hydrogen-bond acceptors (Lipinski definition) is 0. The zero-order valence-corrected chi connectivity index (χ0v) is 14.2. The molecule has 0 saturated carbocycles. The molecular formula is C16H15BrCl2. The van der Waals surface area contributed by atoms with Gasteiger partial charge in [-0.05, 0) is 60.7 Å². The van der Waals surface area contributed by atoms with Crippen LogP contribution in [0.4, 0.5) is 0 Å². The Morgan fingerprint density at radius 3 is 2.16 bits per heavy atom. The number of halogens is 3. The van der Waals surface area contributed by atoms with E-state index in [1.165, 1.54) is 5.56 Å². The van der Waals surface area contributed by atoms with Crippen molar-refractivity contribution in [1.29, 1.82) is 0 Å². The summed E-state index contributed by atoms with van der Waals surface area (Å²) in [6.07, 6.45) is 0. The average Bonchev–Trinajstić information content (AvgIpc) is 2.33. The second kappa shape index (κ2) is 5.87. The maximum atomic E-state index is 6.34. The fourth-order valence-corrected chi connectivity index (χ4v) is 3.67. The van der Waals surface area contributed by atoms with Gasteiger partial charge in [-0.3, -0.25) is 0 Å². The van der Waals surface area contributed by atoms with Gasteiger partial charge < -0.3 is 0 Å². The number of aryl methyl sites for hydroxylation is 3. The van der Waals surface area contributed by atoms with E-state index in [2.05, 4.69) is 41.1 Å². The highest BCUT2D eigenvalue weighted by Gasteiger charge is 2.17. The van der Waals surface area contributed by atoms with E-state index in [0.717, 1.165) is 32.3 Å². The molecule has 1 unspecified atom stereocenters. The van der Waals surface area contributed by atoms with Gasteiger partial charge in [-0.2, -0.15) is 0 Å². The van der Waals surface area contributed by atoms with Gasteiger partial charge in [0.25, 0.3) is 0 Å². The van der Waals surface area contributed by atoms with Crippen molar-refractivity contribution in [3.8, 4) is 0 Å². The molecule has 0 bridgehead atoms. The first-order valence-corrected chi connectivity index (χ1v) is 7.74. The Kier molecular flexibility index (Phi) is 4.60. The van der Waals surface area contributed by atoms with Crippen molar-refractivity contribution in [1.82, 2.24) is 0 Å². The minimum absolute atomic E-state index is 0.0802. The van der Waals surface area contributed by atoms with Crippen LogP contribution in [0.5, 0.6) is 0 Å². The summed E-state index contributed by atoms with van der Waals surface area (Å²) >= 11 is 16.2. The fraction of sp³-hybridized carbons (Fsp3) is 0.250. The van der Waals surface area contributed by atoms with Crippen molar-refractivity contribution in [2.75, 3.05) is 0 Å². The maximum absolute atomic E-state index is 6.34. The molecule has 0 fully saturated rings. The van der Waals surface area contributed by atoms with E-state index in [0.29, 0.717) is 0 Å². The number of alkyl halides is 1. The number of hydrogen-bond donors (Lipinski definition) is 0. The molecule has 0 amide bonds. The Bertz CT molecular complexity index is 620. The lowest BCUT2D eigenvalue weighted by atomic mass is 9.98. The second-order valence-electron chi connectivity index (χ2n) is 4.85. The van der Waals surface area contributed by atoms with Crippen LogP contribution in [0.2, 0.25) is 10.0 Å². The van der Waals surface area contributed by atoms with Crippen LogP contribution < -0.4 is 0 Å². The van der Waals surface area contributed by atoms with Gasteiger partial charge in [0, 0.05) is 10.0 Å². The largest absolute Gasteiger partial charge is 0.0840 e. The molecule has 19 heavy (non-hydrogen) atoms. The van der Waals surface area contributed by atoms with E-state index in [4.69, 9.17) is 23.2 Å². The van der Waals surface area contributed by atoms with Crippen LogP contribution in [0, 0.1) is 20.8 Å². The summed E-state index contributed by atoms with van der Waals surface area (Å²) in [4.78, 5) is 0.0802. The molecular weight excluding hydrogens is 343 g/mol. The summed E-state index contributed by atoms with van der Waals surface area (Å²) in [5.74, 6) is 0. The number of rotatable bonds is 2. The topological polar surface area (TPSA) is 0 Å². The van der Waals surface area contributed by atoms with Crippen LogP contribution >= 0.6 is 39.1 Å². The molecule has 2 aromatic rings. The zero-order chi connectivity index (χ0) is 14.2. The average molecular weight is 358 g/mol. The summed E-state index contributed by atoms with van der Waals surface area (Å²) in [5.41, 5.74) is 5.69. The number of benzene rings is 2. The van der Waals surface area contributed by atoms with Gasteiger partial charge in [0.2, 0.25) is 0 Å². The minimum atomic E-state index is 0.0802. The summed E-state index contributed by atoms with van der Waals surface area (Å²) in [6.45, 7) is 6.12. The van der Waals surface area contributed by atoms with Gasteiger partial charge in [0.15, 0.2) is 0 Å². The molecule has 0 aliphatic carbocycles. The summed E-state index contributed by atoms with van der Waals surface area (Å²) < 4.78 is 0. The van der Waals surface area contributed by atoms with Crippen LogP contribution in [0.15, 0.2) is 30.3 Å². The quantitative estimate of drug-likeness (QED) is 0.545. The minimum Gasteiger partial charge on any atom is -0.0840 e. The molecule has 3 heteroatoms. The Hall–Kier alpha value is -0.500. The molecule has 1 atom stereocenters. The van der Waals surface area contributed by atoms with Crippen molar-refractivity contribution in [2.45, 2.75) is 25.6 Å². The first-order valence-electron chi connectivity index (χ1n) is 6.07. The molecule has 0 aliphatic rings. The smallest absolute Gasteiger partial charge is 0.0661 e. The highest BCUT2D eigenvalue weighted by molar-refractivity contribution is 9.09. The fourth-order valence-electron chi connectivity index (χ4n) is 2.08. The lowest BCUT2D eigenvalue weighted by Gasteiger charge is -2.17. The van der Waals surface area contributed by atoms with Crippen molar-refractivity contribution in [3.05, 3.63) is 68.2 Å². The second-order valence-corrected chi connectivity index (χ2v) is 6.58. The monoisotopic (exact) mass is 356 g/mol. The highest BCUT2D eigenvalue weighted by atomic mass is 79.9. The molecule has 0 radical (unpaired) electrons. The Labute approximate surface area is 132 Å². The van der Waals surface area contributed by atoms with Crippen molar-refractivity contribution in [2.24, 2.45) is 0 Å². The molecule has 0 saturated heterocycles. The van der Waals surface area contributed by atoms with E-state index in [1.54, 1.807) is 0 Å². The van der Waals surface area contributed by atoms with Gasteiger partial charge in [0.1, 0.15) is 0 Å². The Morgan fingerprint density at radius 2 is 1.53 bits per heavy atom. The summed E-state index contributed by atoms with van der Waals surface area (Å²) in [7, 11) is 0. The molecule has 0 aliphatic heterocycles. The summed E-state index contributed by atoms with van der Waals surface area (Å²) in [6, 6.07) is 10.3. The predicted octanol–water partition coefficient (Wildman–Crippen LogP) is 6.40. The molecule has 2 aromatic carbocycles. The SMILES string of the molecule is Cc1ccc(C(Br)c2cc(C)c(Cl)cc2C)c(Cl)c1. The predicted molar refractivity (Wildman–Crippen MR) is 87.9 cm³/mol. The van der Waals surface area contributed by atoms with Crippen LogP contribution in [0.25, 0.3) is 0 Å². The normalized spacial score (nSPS) is 12.5. The van der Waals surface area contributed by atoms with Crippen LogP contribution in [0.3, 0.4) is 0 Å². The molecule has 0 aromatic heterocycles. The van der Waals surface area contributed by atoms with Gasteiger partial charge in [-0.1, -0.05) is 57.3 Å². The lowest BCUT2D eigenvalue weighted by Crippen LogP contribution is -1.98. The standard InChI is InChI=1S/C16H15BrCl2/c1-9-4-5-12(15(19)6-9)16(17)13-7-11(3)14(18)8-10(13)2/h4-8,16H,1-3H3. The Balaban J connectivity index is 2.49. The maximum Gasteiger partial charge on any atom is 0.0661 e. The van der Waals surface area contributed by atoms with E-state index in [1.807, 2.05) is 26.0 Å². The van der Waals surface area contributed by atoms with Crippen LogP contribution in [-0.4, -0.2) is 0 Å². The third-order valence-corrected chi connectivity index (χ3v) is 4.97.